The topological polar surface area (TPSA) is 93.3 Å². The number of nitrogens with zero attached hydrogens (tertiary/aromatic N) is 2. The molecule has 0 atom stereocenters. The molecule has 0 spiro atoms. The number of carboxylic acids is 1. The van der Waals surface area contributed by atoms with Crippen LogP contribution in [0.3, 0.4) is 0 Å². The van der Waals surface area contributed by atoms with Crippen molar-refractivity contribution in [2.24, 2.45) is 0 Å². The summed E-state index contributed by atoms with van der Waals surface area (Å²) in [5.41, 5.74) is 1.78. The van der Waals surface area contributed by atoms with Crippen molar-refractivity contribution in [2.45, 2.75) is 0 Å². The molecule has 25 heavy (non-hydrogen) atoms. The Kier molecular flexibility index (Phi) is 4.67. The molecule has 1 aromatic heterocycles. The monoisotopic (exact) mass is 352 g/mol. The number of aromatic nitrogens is 1. The molecule has 1 N–H and O–H groups in total. The van der Waals surface area contributed by atoms with Crippen LogP contribution in [-0.2, 0) is 0 Å². The molecule has 6 nitrogen and oxygen atoms in total. The summed E-state index contributed by atoms with van der Waals surface area (Å²) in [6, 6.07) is 15.3. The standard InChI is InChI=1S/C18H12N2O4S/c21-18(22)17-16(13-6-2-1-3-7-13)19-15(25-17)10-9-12-5-4-8-14(11-12)20(23)24/h1-11H,(H,21,22)/b10-9+. The predicted molar refractivity (Wildman–Crippen MR) is 96.5 cm³/mol. The van der Waals surface area contributed by atoms with Gasteiger partial charge in [-0.2, -0.15) is 0 Å². The summed E-state index contributed by atoms with van der Waals surface area (Å²) < 4.78 is 0. The number of hydrogen-bond acceptors (Lipinski definition) is 5. The van der Waals surface area contributed by atoms with Gasteiger partial charge in [-0.15, -0.1) is 11.3 Å². The summed E-state index contributed by atoms with van der Waals surface area (Å²) in [6.45, 7) is 0. The molecule has 0 unspecified atom stereocenters. The number of nitro groups is 1. The Bertz CT molecular complexity index is 964. The molecule has 0 fully saturated rings. The molecule has 0 aliphatic rings. The lowest BCUT2D eigenvalue weighted by molar-refractivity contribution is -0.384. The van der Waals surface area contributed by atoms with E-state index >= 15 is 0 Å². The van der Waals surface area contributed by atoms with Crippen molar-refractivity contribution in [3.63, 3.8) is 0 Å². The normalized spacial score (nSPS) is 10.9. The van der Waals surface area contributed by atoms with Crippen molar-refractivity contribution in [1.82, 2.24) is 4.98 Å². The molecular weight excluding hydrogens is 340 g/mol. The van der Waals surface area contributed by atoms with Crippen LogP contribution in [0.15, 0.2) is 54.6 Å². The maximum absolute atomic E-state index is 11.5. The molecule has 7 heteroatoms. The molecule has 0 saturated heterocycles. The number of hydrogen-bond donors (Lipinski definition) is 1. The van der Waals surface area contributed by atoms with Gasteiger partial charge in [-0.05, 0) is 11.6 Å². The van der Waals surface area contributed by atoms with Crippen LogP contribution in [0.5, 0.6) is 0 Å². The van der Waals surface area contributed by atoms with E-state index in [0.717, 1.165) is 16.9 Å². The molecule has 0 aliphatic carbocycles. The van der Waals surface area contributed by atoms with Crippen LogP contribution in [0.1, 0.15) is 20.2 Å². The van der Waals surface area contributed by atoms with Gasteiger partial charge in [0.1, 0.15) is 9.88 Å². The maximum atomic E-state index is 11.5. The third kappa shape index (κ3) is 3.78. The number of aromatic carboxylic acids is 1. The van der Waals surface area contributed by atoms with Crippen molar-refractivity contribution in [3.05, 3.63) is 80.2 Å². The number of thiazole rings is 1. The third-order valence-corrected chi connectivity index (χ3v) is 4.39. The van der Waals surface area contributed by atoms with Gasteiger partial charge in [0.15, 0.2) is 0 Å². The minimum atomic E-state index is -1.04. The molecule has 0 amide bonds. The number of nitro benzene ring substituents is 1. The van der Waals surface area contributed by atoms with Crippen LogP contribution < -0.4 is 0 Å². The van der Waals surface area contributed by atoms with E-state index in [1.54, 1.807) is 36.4 Å². The van der Waals surface area contributed by atoms with Gasteiger partial charge in [-0.25, -0.2) is 9.78 Å². The van der Waals surface area contributed by atoms with E-state index in [1.165, 1.54) is 12.1 Å². The molecule has 1 heterocycles. The largest absolute Gasteiger partial charge is 0.477 e. The number of carbonyl (C=O) groups is 1. The molecule has 0 saturated carbocycles. The predicted octanol–water partition coefficient (Wildman–Crippen LogP) is 4.59. The van der Waals surface area contributed by atoms with Crippen LogP contribution in [0, 0.1) is 10.1 Å². The molecule has 3 rings (SSSR count). The first kappa shape index (κ1) is 16.5. The molecule has 124 valence electrons. The first-order valence-electron chi connectivity index (χ1n) is 7.26. The third-order valence-electron chi connectivity index (χ3n) is 3.38. The Labute approximate surface area is 146 Å². The van der Waals surface area contributed by atoms with Crippen LogP contribution in [-0.4, -0.2) is 21.0 Å². The highest BCUT2D eigenvalue weighted by atomic mass is 32.1. The lowest BCUT2D eigenvalue weighted by Gasteiger charge is -1.97. The summed E-state index contributed by atoms with van der Waals surface area (Å²) in [6.07, 6.45) is 3.33. The van der Waals surface area contributed by atoms with E-state index in [0.29, 0.717) is 16.3 Å². The highest BCUT2D eigenvalue weighted by Crippen LogP contribution is 2.29. The lowest BCUT2D eigenvalue weighted by Crippen LogP contribution is -1.95. The molecule has 0 aliphatic heterocycles. The average molecular weight is 352 g/mol. The maximum Gasteiger partial charge on any atom is 0.348 e. The smallest absolute Gasteiger partial charge is 0.348 e. The molecule has 0 radical (unpaired) electrons. The zero-order chi connectivity index (χ0) is 17.8. The Morgan fingerprint density at radius 3 is 2.56 bits per heavy atom. The van der Waals surface area contributed by atoms with Crippen molar-refractivity contribution in [2.75, 3.05) is 0 Å². The van der Waals surface area contributed by atoms with Crippen molar-refractivity contribution < 1.29 is 14.8 Å². The second kappa shape index (κ2) is 7.06. The summed E-state index contributed by atoms with van der Waals surface area (Å²) in [4.78, 5) is 26.4. The molecular formula is C18H12N2O4S. The van der Waals surface area contributed by atoms with E-state index in [1.807, 2.05) is 18.2 Å². The zero-order valence-electron chi connectivity index (χ0n) is 12.8. The minimum Gasteiger partial charge on any atom is -0.477 e. The van der Waals surface area contributed by atoms with E-state index < -0.39 is 10.9 Å². The Morgan fingerprint density at radius 2 is 1.88 bits per heavy atom. The van der Waals surface area contributed by atoms with Crippen LogP contribution in [0.4, 0.5) is 5.69 Å². The summed E-state index contributed by atoms with van der Waals surface area (Å²) >= 11 is 1.06. The van der Waals surface area contributed by atoms with E-state index in [4.69, 9.17) is 0 Å². The van der Waals surface area contributed by atoms with Gasteiger partial charge in [-0.3, -0.25) is 10.1 Å². The first-order valence-corrected chi connectivity index (χ1v) is 8.08. The second-order valence-electron chi connectivity index (χ2n) is 5.09. The quantitative estimate of drug-likeness (QED) is 0.535. The van der Waals surface area contributed by atoms with Crippen molar-refractivity contribution in [1.29, 1.82) is 0 Å². The Balaban J connectivity index is 1.95. The minimum absolute atomic E-state index is 0.00233. The SMILES string of the molecule is O=C(O)c1sc(/C=C/c2cccc([N+](=O)[O-])c2)nc1-c1ccccc1. The van der Waals surface area contributed by atoms with Gasteiger partial charge >= 0.3 is 5.97 Å². The van der Waals surface area contributed by atoms with Gasteiger partial charge in [0.25, 0.3) is 5.69 Å². The zero-order valence-corrected chi connectivity index (χ0v) is 13.6. The first-order chi connectivity index (χ1) is 12.0. The van der Waals surface area contributed by atoms with Crippen molar-refractivity contribution >= 4 is 35.1 Å². The number of rotatable bonds is 5. The van der Waals surface area contributed by atoms with Crippen LogP contribution in [0.25, 0.3) is 23.4 Å². The van der Waals surface area contributed by atoms with Crippen molar-refractivity contribution in [3.8, 4) is 11.3 Å². The summed E-state index contributed by atoms with van der Waals surface area (Å²) in [7, 11) is 0. The Hall–Kier alpha value is -3.32. The second-order valence-corrected chi connectivity index (χ2v) is 6.12. The van der Waals surface area contributed by atoms with Gasteiger partial charge in [0.05, 0.1) is 10.6 Å². The van der Waals surface area contributed by atoms with Gasteiger partial charge < -0.3 is 5.11 Å². The lowest BCUT2D eigenvalue weighted by atomic mass is 10.1. The van der Waals surface area contributed by atoms with Crippen LogP contribution >= 0.6 is 11.3 Å². The molecule has 3 aromatic rings. The summed E-state index contributed by atoms with van der Waals surface area (Å²) in [5, 5.41) is 20.7. The Morgan fingerprint density at radius 1 is 1.12 bits per heavy atom. The highest BCUT2D eigenvalue weighted by Gasteiger charge is 2.17. The molecule has 0 bridgehead atoms. The fourth-order valence-electron chi connectivity index (χ4n) is 2.25. The number of non-ortho nitro benzene ring substituents is 1. The van der Waals surface area contributed by atoms with E-state index in [-0.39, 0.29) is 10.6 Å². The fourth-order valence-corrected chi connectivity index (χ4v) is 3.08. The highest BCUT2D eigenvalue weighted by molar-refractivity contribution is 7.15. The summed E-state index contributed by atoms with van der Waals surface area (Å²) in [5.74, 6) is -1.04. The van der Waals surface area contributed by atoms with Gasteiger partial charge in [0, 0.05) is 17.7 Å². The van der Waals surface area contributed by atoms with E-state index in [9.17, 15) is 20.0 Å². The number of benzene rings is 2. The van der Waals surface area contributed by atoms with Crippen LogP contribution in [0.2, 0.25) is 0 Å². The number of carboxylic acid groups (broad SMARTS) is 1. The fraction of sp³-hybridized carbons (Fsp3) is 0. The van der Waals surface area contributed by atoms with E-state index in [2.05, 4.69) is 4.98 Å². The van der Waals surface area contributed by atoms with Gasteiger partial charge in [0.2, 0.25) is 0 Å². The average Bonchev–Trinajstić information content (AvgIpc) is 3.06. The van der Waals surface area contributed by atoms with Gasteiger partial charge in [-0.1, -0.05) is 48.5 Å². The molecule has 2 aromatic carbocycles.